The molecule has 65 heavy (non-hydrogen) atoms. The van der Waals surface area contributed by atoms with Gasteiger partial charge in [-0.2, -0.15) is 0 Å². The van der Waals surface area contributed by atoms with Crippen LogP contribution >= 0.6 is 11.6 Å². The second kappa shape index (κ2) is 18.2. The van der Waals surface area contributed by atoms with Crippen molar-refractivity contribution in [2.45, 2.75) is 115 Å². The maximum Gasteiger partial charge on any atom is 0.407 e. The third kappa shape index (κ3) is 8.23. The van der Waals surface area contributed by atoms with Gasteiger partial charge in [0, 0.05) is 41.8 Å². The highest BCUT2D eigenvalue weighted by Crippen LogP contribution is 2.45. The Balaban J connectivity index is 0.976. The first-order chi connectivity index (χ1) is 31.4. The number of imidazole rings is 2. The molecule has 0 bridgehead atoms. The van der Waals surface area contributed by atoms with E-state index in [4.69, 9.17) is 40.5 Å². The number of nitrogens with one attached hydrogen (secondary N) is 4. The fourth-order valence-corrected chi connectivity index (χ4v) is 10.6. The lowest BCUT2D eigenvalue weighted by atomic mass is 9.90. The van der Waals surface area contributed by atoms with Crippen molar-refractivity contribution in [1.82, 2.24) is 40.4 Å². The molecule has 4 aliphatic heterocycles. The van der Waals surface area contributed by atoms with E-state index in [-0.39, 0.29) is 47.8 Å². The summed E-state index contributed by atoms with van der Waals surface area (Å²) in [6.45, 7) is 9.41. The lowest BCUT2D eigenvalue weighted by Crippen LogP contribution is -2.54. The Hall–Kier alpha value is -5.87. The summed E-state index contributed by atoms with van der Waals surface area (Å²) in [5.41, 5.74) is 6.03. The molecule has 9 rings (SSSR count). The number of nitrogens with zero attached hydrogens (tertiary/aromatic N) is 4. The van der Waals surface area contributed by atoms with Crippen LogP contribution in [-0.2, 0) is 30.4 Å². The number of rotatable bonds is 10. The molecule has 6 heterocycles. The number of aromatic amines is 2. The first kappa shape index (κ1) is 44.3. The van der Waals surface area contributed by atoms with Crippen LogP contribution < -0.4 is 15.4 Å². The van der Waals surface area contributed by atoms with Crippen molar-refractivity contribution in [3.63, 3.8) is 0 Å². The van der Waals surface area contributed by atoms with Crippen molar-refractivity contribution < 1.29 is 38.1 Å². The van der Waals surface area contributed by atoms with E-state index in [1.807, 2.05) is 49.6 Å². The Morgan fingerprint density at radius 3 is 2.20 bits per heavy atom. The number of amides is 4. The third-order valence-electron chi connectivity index (χ3n) is 14.2. The van der Waals surface area contributed by atoms with Gasteiger partial charge < -0.3 is 49.3 Å². The average molecular weight is 909 g/mol. The predicted octanol–water partition coefficient (Wildman–Crippen LogP) is 8.34. The first-order valence-corrected chi connectivity index (χ1v) is 23.2. The van der Waals surface area contributed by atoms with E-state index < -0.39 is 24.3 Å². The van der Waals surface area contributed by atoms with E-state index in [9.17, 15) is 19.2 Å². The average Bonchev–Trinajstić information content (AvgIpc) is 4.13. The molecular formula is C48H57ClN8O8. The van der Waals surface area contributed by atoms with Crippen molar-refractivity contribution in [2.75, 3.05) is 27.4 Å². The molecule has 7 atom stereocenters. The number of halogens is 1. The second-order valence-corrected chi connectivity index (χ2v) is 18.4. The molecule has 0 aliphatic carbocycles. The second-order valence-electron chi connectivity index (χ2n) is 18.0. The molecule has 4 N–H and O–H groups in total. The van der Waals surface area contributed by atoms with Gasteiger partial charge in [0.15, 0.2) is 0 Å². The Morgan fingerprint density at radius 1 is 0.831 bits per heavy atom. The maximum atomic E-state index is 14.4. The Kier molecular flexibility index (Phi) is 12.4. The lowest BCUT2D eigenvalue weighted by Gasteiger charge is -2.36. The molecule has 16 nitrogen and oxygen atoms in total. The molecule has 5 aromatic rings. The van der Waals surface area contributed by atoms with Gasteiger partial charge in [-0.05, 0) is 105 Å². The number of H-pyrrole nitrogens is 2. The van der Waals surface area contributed by atoms with Gasteiger partial charge in [0.2, 0.25) is 11.8 Å². The number of fused-ring (bicyclic) bond motifs is 6. The number of methoxy groups -OCH3 is 2. The number of benzene rings is 3. The van der Waals surface area contributed by atoms with E-state index >= 15 is 0 Å². The zero-order valence-electron chi connectivity index (χ0n) is 37.7. The summed E-state index contributed by atoms with van der Waals surface area (Å²) >= 11 is 6.89. The minimum absolute atomic E-state index is 0.0471. The fourth-order valence-electron chi connectivity index (χ4n) is 10.4. The summed E-state index contributed by atoms with van der Waals surface area (Å²) in [6, 6.07) is 12.2. The zero-order valence-corrected chi connectivity index (χ0v) is 38.4. The van der Waals surface area contributed by atoms with Crippen LogP contribution in [0.15, 0.2) is 42.5 Å². The topological polar surface area (TPSA) is 193 Å². The highest BCUT2D eigenvalue weighted by Gasteiger charge is 2.44. The number of hydrogen-bond donors (Lipinski definition) is 4. The number of hydrogen-bond acceptors (Lipinski definition) is 10. The van der Waals surface area contributed by atoms with Crippen molar-refractivity contribution in [2.24, 2.45) is 11.8 Å². The van der Waals surface area contributed by atoms with Crippen molar-refractivity contribution in [1.29, 1.82) is 0 Å². The molecule has 3 saturated heterocycles. The zero-order chi connectivity index (χ0) is 45.7. The Morgan fingerprint density at radius 2 is 1.51 bits per heavy atom. The number of aromatic nitrogens is 4. The Labute approximate surface area is 382 Å². The fraction of sp³-hybridized carbons (Fsp3) is 0.500. The normalized spacial score (nSPS) is 22.2. The SMILES string of the molecule is CC[C@H](C)[C@H](NC(=O)OC)C(=O)N1[C@@H](C)CC[C@H]1c1nc(-c2ccc3c(c2)COc2cc4c(ccc5[nH]c([C@@H]6CC[C@H](C)N6C(=O)[C@@H](NC(=O)OC)C6CCOCC6)nc54)cc2-3)c(Cl)[nH]1. The minimum Gasteiger partial charge on any atom is -0.488 e. The molecule has 3 fully saturated rings. The number of alkyl carbamates (subject to hydrolysis) is 2. The van der Waals surface area contributed by atoms with Crippen LogP contribution in [0.2, 0.25) is 5.15 Å². The van der Waals surface area contributed by atoms with Gasteiger partial charge in [0.25, 0.3) is 0 Å². The van der Waals surface area contributed by atoms with E-state index in [1.165, 1.54) is 14.2 Å². The van der Waals surface area contributed by atoms with Crippen LogP contribution in [0.4, 0.5) is 9.59 Å². The first-order valence-electron chi connectivity index (χ1n) is 22.8. The van der Waals surface area contributed by atoms with Crippen LogP contribution in [0, 0.1) is 11.8 Å². The molecule has 4 aliphatic rings. The molecule has 2 aromatic heterocycles. The largest absolute Gasteiger partial charge is 0.488 e. The Bertz CT molecular complexity index is 2640. The highest BCUT2D eigenvalue weighted by atomic mass is 35.5. The van der Waals surface area contributed by atoms with Crippen LogP contribution in [0.3, 0.4) is 0 Å². The lowest BCUT2D eigenvalue weighted by molar-refractivity contribution is -0.139. The summed E-state index contributed by atoms with van der Waals surface area (Å²) in [5.74, 6) is 1.56. The number of ether oxygens (including phenoxy) is 4. The monoisotopic (exact) mass is 908 g/mol. The molecule has 344 valence electrons. The van der Waals surface area contributed by atoms with E-state index in [0.717, 1.165) is 69.1 Å². The molecule has 0 spiro atoms. The quantitative estimate of drug-likeness (QED) is 0.106. The number of likely N-dealkylation sites (tertiary alicyclic amines) is 2. The van der Waals surface area contributed by atoms with Crippen molar-refractivity contribution >= 4 is 57.4 Å². The third-order valence-corrected chi connectivity index (χ3v) is 14.5. The molecule has 0 radical (unpaired) electrons. The number of carbonyl (C=O) groups excluding carboxylic acids is 4. The minimum atomic E-state index is -0.743. The van der Waals surface area contributed by atoms with E-state index in [1.54, 1.807) is 0 Å². The maximum absolute atomic E-state index is 14.4. The van der Waals surface area contributed by atoms with E-state index in [2.05, 4.69) is 50.9 Å². The highest BCUT2D eigenvalue weighted by molar-refractivity contribution is 6.32. The molecule has 0 unspecified atom stereocenters. The summed E-state index contributed by atoms with van der Waals surface area (Å²) in [7, 11) is 2.60. The summed E-state index contributed by atoms with van der Waals surface area (Å²) < 4.78 is 21.8. The van der Waals surface area contributed by atoms with Gasteiger partial charge >= 0.3 is 12.2 Å². The smallest absolute Gasteiger partial charge is 0.407 e. The van der Waals surface area contributed by atoms with Crippen LogP contribution in [0.1, 0.15) is 102 Å². The van der Waals surface area contributed by atoms with Crippen molar-refractivity contribution in [3.05, 3.63) is 64.8 Å². The summed E-state index contributed by atoms with van der Waals surface area (Å²) in [4.78, 5) is 73.9. The van der Waals surface area contributed by atoms with Gasteiger partial charge in [0.05, 0.1) is 37.3 Å². The molecule has 0 saturated carbocycles. The predicted molar refractivity (Wildman–Crippen MR) is 244 cm³/mol. The standard InChI is InChI=1S/C48H57ClN8O8/c1-7-24(2)38(53-47(60)62-5)45(58)56-25(3)9-15-36(56)44-51-39(42(49)55-44)29-10-12-31-30(20-29)23-65-37-22-32-28(21-33(31)37)11-13-34-41(32)52-43(50-34)35-14-8-26(4)57(35)46(59)40(54-48(61)63-6)27-16-18-64-19-17-27/h10-13,20-22,24-27,35-36,38,40H,7-9,14-19,23H2,1-6H3,(H,50,52)(H,51,55)(H,53,60)(H,54,61)/t24-,25-,26-,35-,36-,38-,40-/m0/s1. The van der Waals surface area contributed by atoms with Crippen molar-refractivity contribution in [3.8, 4) is 28.1 Å². The van der Waals surface area contributed by atoms with E-state index in [0.29, 0.717) is 68.0 Å². The van der Waals surface area contributed by atoms with Gasteiger partial charge in [-0.3, -0.25) is 9.59 Å². The summed E-state index contributed by atoms with van der Waals surface area (Å²) in [6.07, 6.45) is 3.79. The molecule has 4 amide bonds. The van der Waals surface area contributed by atoms with Crippen LogP contribution in [0.5, 0.6) is 5.75 Å². The molecular weight excluding hydrogens is 852 g/mol. The van der Waals surface area contributed by atoms with Crippen LogP contribution in [0.25, 0.3) is 44.2 Å². The van der Waals surface area contributed by atoms with Crippen LogP contribution in [-0.4, -0.2) is 105 Å². The molecule has 3 aromatic carbocycles. The molecule has 17 heteroatoms. The van der Waals surface area contributed by atoms with Gasteiger partial charge in [-0.15, -0.1) is 0 Å². The number of carbonyl (C=O) groups is 4. The van der Waals surface area contributed by atoms with Gasteiger partial charge in [-0.25, -0.2) is 19.6 Å². The van der Waals surface area contributed by atoms with Gasteiger partial charge in [0.1, 0.15) is 46.9 Å². The van der Waals surface area contributed by atoms with Gasteiger partial charge in [-0.1, -0.05) is 50.1 Å². The summed E-state index contributed by atoms with van der Waals surface area (Å²) in [5, 5.41) is 7.91.